The lowest BCUT2D eigenvalue weighted by atomic mass is 10.2. The molecule has 4 heteroatoms. The Kier molecular flexibility index (Phi) is 4.43. The average Bonchev–Trinajstić information content (AvgIpc) is 2.37. The number of thioether (sulfide) groups is 1. The van der Waals surface area contributed by atoms with Gasteiger partial charge in [0.2, 0.25) is 0 Å². The highest BCUT2D eigenvalue weighted by Gasteiger charge is 2.07. The Balaban J connectivity index is 2.17. The van der Waals surface area contributed by atoms with Gasteiger partial charge in [0.1, 0.15) is 5.82 Å². The van der Waals surface area contributed by atoms with Crippen LogP contribution in [0.25, 0.3) is 0 Å². The van der Waals surface area contributed by atoms with Gasteiger partial charge in [-0.25, -0.2) is 4.98 Å². The number of aromatic amines is 1. The van der Waals surface area contributed by atoms with Gasteiger partial charge in [-0.1, -0.05) is 25.1 Å². The van der Waals surface area contributed by atoms with E-state index in [4.69, 9.17) is 0 Å². The third kappa shape index (κ3) is 3.26. The minimum atomic E-state index is -0.00427. The largest absolute Gasteiger partial charge is 0.310 e. The molecule has 0 spiro atoms. The molecule has 0 fully saturated rings. The van der Waals surface area contributed by atoms with E-state index in [2.05, 4.69) is 29.0 Å². The van der Waals surface area contributed by atoms with Crippen molar-refractivity contribution in [1.82, 2.24) is 9.97 Å². The molecule has 0 radical (unpaired) electrons. The molecule has 0 amide bonds. The molecule has 0 saturated heterocycles. The van der Waals surface area contributed by atoms with E-state index in [9.17, 15) is 4.79 Å². The zero-order valence-electron chi connectivity index (χ0n) is 11.5. The van der Waals surface area contributed by atoms with E-state index < -0.39 is 0 Å². The van der Waals surface area contributed by atoms with Crippen molar-refractivity contribution in [2.75, 3.05) is 0 Å². The van der Waals surface area contributed by atoms with Crippen molar-refractivity contribution in [3.8, 4) is 0 Å². The Bertz CT molecular complexity index is 634. The number of benzene rings is 1. The van der Waals surface area contributed by atoms with Crippen LogP contribution in [0.3, 0.4) is 0 Å². The first-order valence-electron chi connectivity index (χ1n) is 6.39. The first-order valence-corrected chi connectivity index (χ1v) is 7.37. The molecule has 3 nitrogen and oxygen atoms in total. The lowest BCUT2D eigenvalue weighted by Crippen LogP contribution is -2.18. The number of nitrogens with one attached hydrogen (secondary N) is 1. The summed E-state index contributed by atoms with van der Waals surface area (Å²) in [5.41, 5.74) is 2.86. The highest BCUT2D eigenvalue weighted by molar-refractivity contribution is 7.98. The Morgan fingerprint density at radius 1 is 1.26 bits per heavy atom. The second-order valence-electron chi connectivity index (χ2n) is 4.48. The van der Waals surface area contributed by atoms with Crippen LogP contribution in [-0.4, -0.2) is 9.97 Å². The fourth-order valence-electron chi connectivity index (χ4n) is 2.02. The van der Waals surface area contributed by atoms with Crippen molar-refractivity contribution in [2.24, 2.45) is 0 Å². The Morgan fingerprint density at radius 3 is 2.63 bits per heavy atom. The monoisotopic (exact) mass is 274 g/mol. The van der Waals surface area contributed by atoms with Gasteiger partial charge >= 0.3 is 0 Å². The van der Waals surface area contributed by atoms with Crippen molar-refractivity contribution in [3.63, 3.8) is 0 Å². The average molecular weight is 274 g/mol. The quantitative estimate of drug-likeness (QED) is 0.871. The lowest BCUT2D eigenvalue weighted by molar-refractivity contribution is 0.907. The Hall–Kier alpha value is -1.55. The summed E-state index contributed by atoms with van der Waals surface area (Å²) < 4.78 is 0. The third-order valence-corrected chi connectivity index (χ3v) is 4.27. The van der Waals surface area contributed by atoms with Crippen LogP contribution in [0.5, 0.6) is 0 Å². The molecular formula is C15H18N2OS. The summed E-state index contributed by atoms with van der Waals surface area (Å²) >= 11 is 1.70. The molecule has 0 bridgehead atoms. The molecule has 2 rings (SSSR count). The highest BCUT2D eigenvalue weighted by atomic mass is 32.2. The van der Waals surface area contributed by atoms with E-state index in [0.29, 0.717) is 5.75 Å². The van der Waals surface area contributed by atoms with Crippen molar-refractivity contribution in [2.45, 2.75) is 37.8 Å². The SMILES string of the molecule is CCc1c(C)nc(CSc2ccccc2C)[nH]c1=O. The molecule has 1 N–H and O–H groups in total. The fraction of sp³-hybridized carbons (Fsp3) is 0.333. The summed E-state index contributed by atoms with van der Waals surface area (Å²) in [6, 6.07) is 8.23. The lowest BCUT2D eigenvalue weighted by Gasteiger charge is -2.07. The minimum absolute atomic E-state index is 0.00427. The van der Waals surface area contributed by atoms with E-state index in [1.807, 2.05) is 26.0 Å². The zero-order chi connectivity index (χ0) is 13.8. The topological polar surface area (TPSA) is 45.8 Å². The van der Waals surface area contributed by atoms with E-state index in [0.717, 1.165) is 23.5 Å². The summed E-state index contributed by atoms with van der Waals surface area (Å²) in [4.78, 5) is 20.4. The summed E-state index contributed by atoms with van der Waals surface area (Å²) in [5, 5.41) is 0. The normalized spacial score (nSPS) is 10.7. The summed E-state index contributed by atoms with van der Waals surface area (Å²) in [6.45, 7) is 5.96. The Labute approximate surface area is 117 Å². The molecule has 1 aromatic heterocycles. The van der Waals surface area contributed by atoms with Crippen LogP contribution in [-0.2, 0) is 12.2 Å². The van der Waals surface area contributed by atoms with Gasteiger partial charge in [0.25, 0.3) is 5.56 Å². The molecule has 0 unspecified atom stereocenters. The van der Waals surface area contributed by atoms with E-state index in [-0.39, 0.29) is 5.56 Å². The van der Waals surface area contributed by atoms with Crippen LogP contribution in [0.15, 0.2) is 34.0 Å². The minimum Gasteiger partial charge on any atom is -0.310 e. The van der Waals surface area contributed by atoms with Crippen LogP contribution >= 0.6 is 11.8 Å². The third-order valence-electron chi connectivity index (χ3n) is 3.08. The number of nitrogens with zero attached hydrogens (tertiary/aromatic N) is 1. The first-order chi connectivity index (χ1) is 9.11. The van der Waals surface area contributed by atoms with Gasteiger partial charge in [-0.2, -0.15) is 0 Å². The van der Waals surface area contributed by atoms with Gasteiger partial charge < -0.3 is 4.98 Å². The summed E-state index contributed by atoms with van der Waals surface area (Å²) in [7, 11) is 0. The maximum Gasteiger partial charge on any atom is 0.254 e. The van der Waals surface area contributed by atoms with E-state index in [1.54, 1.807) is 11.8 Å². The highest BCUT2D eigenvalue weighted by Crippen LogP contribution is 2.24. The van der Waals surface area contributed by atoms with Crippen molar-refractivity contribution in [1.29, 1.82) is 0 Å². The number of hydrogen-bond acceptors (Lipinski definition) is 3. The number of rotatable bonds is 4. The van der Waals surface area contributed by atoms with Gasteiger partial charge in [0.05, 0.1) is 5.75 Å². The fourth-order valence-corrected chi connectivity index (χ4v) is 2.92. The van der Waals surface area contributed by atoms with Gasteiger partial charge in [-0.15, -0.1) is 11.8 Å². The van der Waals surface area contributed by atoms with Crippen LogP contribution in [0.1, 0.15) is 29.6 Å². The van der Waals surface area contributed by atoms with Gasteiger partial charge in [0, 0.05) is 16.2 Å². The zero-order valence-corrected chi connectivity index (χ0v) is 12.3. The number of hydrogen-bond donors (Lipinski definition) is 1. The van der Waals surface area contributed by atoms with Crippen LogP contribution in [0, 0.1) is 13.8 Å². The second-order valence-corrected chi connectivity index (χ2v) is 5.50. The first kappa shape index (κ1) is 13.9. The smallest absolute Gasteiger partial charge is 0.254 e. The standard InChI is InChI=1S/C15H18N2OS/c1-4-12-11(3)16-14(17-15(12)18)9-19-13-8-6-5-7-10(13)2/h5-8H,4,9H2,1-3H3,(H,16,17,18). The van der Waals surface area contributed by atoms with Crippen molar-refractivity contribution >= 4 is 11.8 Å². The molecule has 100 valence electrons. The maximum absolute atomic E-state index is 11.9. The van der Waals surface area contributed by atoms with E-state index in [1.165, 1.54) is 10.5 Å². The van der Waals surface area contributed by atoms with E-state index >= 15 is 0 Å². The molecule has 0 saturated carbocycles. The molecular weight excluding hydrogens is 256 g/mol. The molecule has 0 aliphatic heterocycles. The Morgan fingerprint density at radius 2 is 2.00 bits per heavy atom. The van der Waals surface area contributed by atoms with Crippen molar-refractivity contribution in [3.05, 3.63) is 57.3 Å². The molecule has 1 heterocycles. The van der Waals surface area contributed by atoms with Gasteiger partial charge in [-0.05, 0) is 31.9 Å². The summed E-state index contributed by atoms with van der Waals surface area (Å²) in [6.07, 6.45) is 0.722. The molecule has 0 aliphatic carbocycles. The molecule has 0 aliphatic rings. The number of aryl methyl sites for hydroxylation is 2. The maximum atomic E-state index is 11.9. The van der Waals surface area contributed by atoms with Crippen LogP contribution in [0.4, 0.5) is 0 Å². The summed E-state index contributed by atoms with van der Waals surface area (Å²) in [5.74, 6) is 1.43. The predicted molar refractivity (Wildman–Crippen MR) is 79.7 cm³/mol. The molecule has 1 aromatic carbocycles. The second kappa shape index (κ2) is 6.06. The van der Waals surface area contributed by atoms with Gasteiger partial charge in [0.15, 0.2) is 0 Å². The molecule has 0 atom stereocenters. The predicted octanol–water partition coefficient (Wildman–Crippen LogP) is 3.24. The van der Waals surface area contributed by atoms with Gasteiger partial charge in [-0.3, -0.25) is 4.79 Å². The number of aromatic nitrogens is 2. The number of H-pyrrole nitrogens is 1. The molecule has 19 heavy (non-hydrogen) atoms. The molecule has 2 aromatic rings. The van der Waals surface area contributed by atoms with Crippen molar-refractivity contribution < 1.29 is 0 Å². The van der Waals surface area contributed by atoms with Crippen LogP contribution < -0.4 is 5.56 Å². The van der Waals surface area contributed by atoms with Crippen LogP contribution in [0.2, 0.25) is 0 Å².